The smallest absolute Gasteiger partial charge is 0.120 e. The lowest BCUT2D eigenvalue weighted by Gasteiger charge is -2.30. The van der Waals surface area contributed by atoms with Crippen molar-refractivity contribution in [3.8, 4) is 5.75 Å². The summed E-state index contributed by atoms with van der Waals surface area (Å²) in [6.45, 7) is 7.11. The molecule has 1 atom stereocenters. The molecule has 1 aromatic rings. The van der Waals surface area contributed by atoms with Crippen LogP contribution in [0.4, 0.5) is 0 Å². The Kier molecular flexibility index (Phi) is 5.86. The predicted octanol–water partition coefficient (Wildman–Crippen LogP) is 3.35. The molecule has 20 heavy (non-hydrogen) atoms. The standard InChI is InChI=1S/C17H28N2O/c1-14(2)20-16-9-7-8-15(12-16)17(13-18)19-10-5-3-4-6-11-19/h7-9,12,14,17H,3-6,10-11,13,18H2,1-2H3. The number of hydrogen-bond donors (Lipinski definition) is 1. The second kappa shape index (κ2) is 7.65. The topological polar surface area (TPSA) is 38.5 Å². The molecule has 0 bridgehead atoms. The first kappa shape index (κ1) is 15.3. The van der Waals surface area contributed by atoms with Crippen molar-refractivity contribution in [1.29, 1.82) is 0 Å². The number of nitrogens with zero attached hydrogens (tertiary/aromatic N) is 1. The van der Waals surface area contributed by atoms with Gasteiger partial charge in [-0.25, -0.2) is 0 Å². The summed E-state index contributed by atoms with van der Waals surface area (Å²) in [6, 6.07) is 8.76. The Morgan fingerprint density at radius 1 is 1.15 bits per heavy atom. The first-order valence-electron chi connectivity index (χ1n) is 7.91. The van der Waals surface area contributed by atoms with Gasteiger partial charge in [-0.2, -0.15) is 0 Å². The summed E-state index contributed by atoms with van der Waals surface area (Å²) < 4.78 is 5.80. The molecule has 1 saturated heterocycles. The molecule has 0 aliphatic carbocycles. The van der Waals surface area contributed by atoms with E-state index in [9.17, 15) is 0 Å². The van der Waals surface area contributed by atoms with E-state index in [2.05, 4.69) is 36.9 Å². The molecule has 1 aliphatic heterocycles. The lowest BCUT2D eigenvalue weighted by Crippen LogP contribution is -2.34. The first-order valence-corrected chi connectivity index (χ1v) is 7.91. The Bertz CT molecular complexity index is 398. The number of ether oxygens (including phenoxy) is 1. The Labute approximate surface area is 123 Å². The Morgan fingerprint density at radius 3 is 2.45 bits per heavy atom. The van der Waals surface area contributed by atoms with Crippen LogP contribution in [-0.2, 0) is 0 Å². The van der Waals surface area contributed by atoms with E-state index >= 15 is 0 Å². The van der Waals surface area contributed by atoms with Gasteiger partial charge in [0.2, 0.25) is 0 Å². The predicted molar refractivity (Wildman–Crippen MR) is 84.0 cm³/mol. The van der Waals surface area contributed by atoms with Gasteiger partial charge in [0, 0.05) is 12.6 Å². The second-order valence-corrected chi connectivity index (χ2v) is 5.94. The monoisotopic (exact) mass is 276 g/mol. The number of benzene rings is 1. The van der Waals surface area contributed by atoms with Gasteiger partial charge >= 0.3 is 0 Å². The summed E-state index contributed by atoms with van der Waals surface area (Å²) >= 11 is 0. The average Bonchev–Trinajstić information content (AvgIpc) is 2.68. The quantitative estimate of drug-likeness (QED) is 0.896. The minimum atomic E-state index is 0.208. The van der Waals surface area contributed by atoms with Crippen LogP contribution in [0, 0.1) is 0 Å². The van der Waals surface area contributed by atoms with Crippen molar-refractivity contribution in [2.24, 2.45) is 5.73 Å². The highest BCUT2D eigenvalue weighted by Crippen LogP contribution is 2.26. The third kappa shape index (κ3) is 4.22. The van der Waals surface area contributed by atoms with Crippen LogP contribution in [-0.4, -0.2) is 30.6 Å². The normalized spacial score (nSPS) is 18.8. The zero-order chi connectivity index (χ0) is 14.4. The van der Waals surface area contributed by atoms with Crippen LogP contribution < -0.4 is 10.5 Å². The molecule has 1 unspecified atom stereocenters. The minimum Gasteiger partial charge on any atom is -0.491 e. The molecule has 0 radical (unpaired) electrons. The van der Waals surface area contributed by atoms with E-state index < -0.39 is 0 Å². The maximum absolute atomic E-state index is 6.06. The van der Waals surface area contributed by atoms with Crippen molar-refractivity contribution < 1.29 is 4.74 Å². The lowest BCUT2D eigenvalue weighted by molar-refractivity contribution is 0.208. The molecular weight excluding hydrogens is 248 g/mol. The fraction of sp³-hybridized carbons (Fsp3) is 0.647. The number of nitrogens with two attached hydrogens (primary N) is 1. The largest absolute Gasteiger partial charge is 0.491 e. The molecule has 2 N–H and O–H groups in total. The molecule has 0 amide bonds. The molecule has 2 rings (SSSR count). The van der Waals surface area contributed by atoms with Gasteiger partial charge in [-0.1, -0.05) is 25.0 Å². The Hall–Kier alpha value is -1.06. The molecular formula is C17H28N2O. The number of hydrogen-bond acceptors (Lipinski definition) is 3. The van der Waals surface area contributed by atoms with Crippen molar-refractivity contribution in [1.82, 2.24) is 4.90 Å². The summed E-state index contributed by atoms with van der Waals surface area (Å²) in [5.74, 6) is 0.950. The molecule has 1 aliphatic rings. The second-order valence-electron chi connectivity index (χ2n) is 5.94. The SMILES string of the molecule is CC(C)Oc1cccc(C(CN)N2CCCCCC2)c1. The highest BCUT2D eigenvalue weighted by molar-refractivity contribution is 5.31. The van der Waals surface area contributed by atoms with Gasteiger partial charge in [0.05, 0.1) is 6.10 Å². The number of rotatable bonds is 5. The van der Waals surface area contributed by atoms with Crippen molar-refractivity contribution in [2.75, 3.05) is 19.6 Å². The maximum atomic E-state index is 6.06. The van der Waals surface area contributed by atoms with Gasteiger partial charge in [0.15, 0.2) is 0 Å². The average molecular weight is 276 g/mol. The van der Waals surface area contributed by atoms with Crippen LogP contribution in [0.15, 0.2) is 24.3 Å². The van der Waals surface area contributed by atoms with Crippen LogP contribution in [0.3, 0.4) is 0 Å². The van der Waals surface area contributed by atoms with E-state index in [4.69, 9.17) is 10.5 Å². The van der Waals surface area contributed by atoms with E-state index in [1.165, 1.54) is 31.2 Å². The molecule has 0 aromatic heterocycles. The van der Waals surface area contributed by atoms with Gasteiger partial charge in [-0.05, 0) is 57.5 Å². The lowest BCUT2D eigenvalue weighted by atomic mass is 10.0. The Balaban J connectivity index is 2.13. The van der Waals surface area contributed by atoms with Crippen molar-refractivity contribution in [3.63, 3.8) is 0 Å². The van der Waals surface area contributed by atoms with Gasteiger partial charge < -0.3 is 10.5 Å². The van der Waals surface area contributed by atoms with E-state index in [1.54, 1.807) is 0 Å². The third-order valence-electron chi connectivity index (χ3n) is 3.92. The highest BCUT2D eigenvalue weighted by Gasteiger charge is 2.20. The van der Waals surface area contributed by atoms with Crippen LogP contribution in [0.5, 0.6) is 5.75 Å². The van der Waals surface area contributed by atoms with E-state index in [0.717, 1.165) is 18.8 Å². The van der Waals surface area contributed by atoms with Crippen molar-refractivity contribution in [2.45, 2.75) is 51.7 Å². The first-order chi connectivity index (χ1) is 9.70. The van der Waals surface area contributed by atoms with Crippen LogP contribution in [0.2, 0.25) is 0 Å². The molecule has 1 fully saturated rings. The third-order valence-corrected chi connectivity index (χ3v) is 3.92. The fourth-order valence-corrected chi connectivity index (χ4v) is 2.97. The molecule has 112 valence electrons. The zero-order valence-electron chi connectivity index (χ0n) is 12.8. The van der Waals surface area contributed by atoms with Crippen molar-refractivity contribution in [3.05, 3.63) is 29.8 Å². The summed E-state index contributed by atoms with van der Waals surface area (Å²) in [5, 5.41) is 0. The van der Waals surface area contributed by atoms with Gasteiger partial charge in [0.1, 0.15) is 5.75 Å². The summed E-state index contributed by atoms with van der Waals surface area (Å²) in [5.41, 5.74) is 7.34. The van der Waals surface area contributed by atoms with Gasteiger partial charge in [0.25, 0.3) is 0 Å². The molecule has 0 saturated carbocycles. The van der Waals surface area contributed by atoms with Gasteiger partial charge in [-0.15, -0.1) is 0 Å². The summed E-state index contributed by atoms with van der Waals surface area (Å²) in [4.78, 5) is 2.54. The number of likely N-dealkylation sites (tertiary alicyclic amines) is 1. The van der Waals surface area contributed by atoms with E-state index in [1.807, 2.05) is 6.07 Å². The summed E-state index contributed by atoms with van der Waals surface area (Å²) in [7, 11) is 0. The van der Waals surface area contributed by atoms with Gasteiger partial charge in [-0.3, -0.25) is 4.90 Å². The van der Waals surface area contributed by atoms with Crippen LogP contribution in [0.1, 0.15) is 51.1 Å². The maximum Gasteiger partial charge on any atom is 0.120 e. The van der Waals surface area contributed by atoms with Crippen LogP contribution >= 0.6 is 0 Å². The fourth-order valence-electron chi connectivity index (χ4n) is 2.97. The molecule has 1 heterocycles. The molecule has 1 aromatic carbocycles. The summed E-state index contributed by atoms with van der Waals surface area (Å²) in [6.07, 6.45) is 5.49. The Morgan fingerprint density at radius 2 is 1.85 bits per heavy atom. The highest BCUT2D eigenvalue weighted by atomic mass is 16.5. The molecule has 3 nitrogen and oxygen atoms in total. The van der Waals surface area contributed by atoms with Crippen molar-refractivity contribution >= 4 is 0 Å². The van der Waals surface area contributed by atoms with Crippen LogP contribution in [0.25, 0.3) is 0 Å². The molecule has 3 heteroatoms. The van der Waals surface area contributed by atoms with E-state index in [-0.39, 0.29) is 6.10 Å². The molecule has 0 spiro atoms. The van der Waals surface area contributed by atoms with E-state index in [0.29, 0.717) is 12.6 Å². The zero-order valence-corrected chi connectivity index (χ0v) is 12.8. The minimum absolute atomic E-state index is 0.208.